The molecule has 0 saturated carbocycles. The van der Waals surface area contributed by atoms with E-state index in [0.717, 1.165) is 0 Å². The molecular formula is C9H3GaI6O6. The van der Waals surface area contributed by atoms with Gasteiger partial charge < -0.3 is 29.7 Å². The zero-order chi connectivity index (χ0) is 17.6. The van der Waals surface area contributed by atoms with Gasteiger partial charge in [0.2, 0.25) is 0 Å². The third-order valence-corrected chi connectivity index (χ3v) is 8.57. The second kappa shape index (κ2) is 21.7. The van der Waals surface area contributed by atoms with Gasteiger partial charge in [0.15, 0.2) is 0 Å². The number of carbonyl (C=O) groups is 3. The van der Waals surface area contributed by atoms with Crippen molar-refractivity contribution in [1.82, 2.24) is 0 Å². The van der Waals surface area contributed by atoms with Gasteiger partial charge in [0, 0.05) is 10.7 Å². The van der Waals surface area contributed by atoms with Crippen LogP contribution >= 0.6 is 136 Å². The van der Waals surface area contributed by atoms with Gasteiger partial charge >= 0.3 is 19.8 Å². The zero-order valence-electron chi connectivity index (χ0n) is 10.0. The maximum absolute atomic E-state index is 9.74. The van der Waals surface area contributed by atoms with E-state index in [2.05, 4.69) is 0 Å². The Kier molecular flexibility index (Phi) is 31.9. The molecule has 0 aliphatic heterocycles. The monoisotopic (exact) mass is 1040 g/mol. The fourth-order valence-electron chi connectivity index (χ4n) is 0.134. The summed E-state index contributed by atoms with van der Waals surface area (Å²) in [5.41, 5.74) is 0. The van der Waals surface area contributed by atoms with Crippen molar-refractivity contribution in [2.24, 2.45) is 0 Å². The Hall–Kier alpha value is 2.65. The van der Waals surface area contributed by atoms with E-state index in [9.17, 15) is 29.7 Å². The van der Waals surface area contributed by atoms with Gasteiger partial charge in [-0.1, -0.05) is 67.8 Å². The number of carboxylic acid groups (broad SMARTS) is 3. The maximum atomic E-state index is 9.74. The SMILES string of the molecule is O=C([O-])C(I)=CI.O=C([O-])C(I)=CI.O=C([O-])C(I)=CI.[Ga+3]. The third-order valence-electron chi connectivity index (χ3n) is 0.872. The number of hydrogen-bond donors (Lipinski definition) is 0. The van der Waals surface area contributed by atoms with Crippen LogP contribution in [0.1, 0.15) is 0 Å². The Labute approximate surface area is 221 Å². The molecule has 0 atom stereocenters. The molecule has 0 fully saturated rings. The Balaban J connectivity index is -0.000000108. The van der Waals surface area contributed by atoms with Gasteiger partial charge in [-0.05, 0) is 80.0 Å². The second-order valence-electron chi connectivity index (χ2n) is 2.23. The summed E-state index contributed by atoms with van der Waals surface area (Å²) >= 11 is 10.6. The Bertz CT molecular complexity index is 395. The van der Waals surface area contributed by atoms with E-state index in [1.807, 2.05) is 67.8 Å². The first kappa shape index (κ1) is 32.3. The molecule has 0 N–H and O–H groups in total. The molecule has 0 rings (SSSR count). The first-order valence-corrected chi connectivity index (χ1v) is 11.0. The molecule has 0 spiro atoms. The Morgan fingerprint density at radius 3 is 0.727 bits per heavy atom. The summed E-state index contributed by atoms with van der Waals surface area (Å²) in [6.07, 6.45) is 0. The van der Waals surface area contributed by atoms with Crippen LogP contribution in [0, 0.1) is 0 Å². The fourth-order valence-corrected chi connectivity index (χ4v) is 0.896. The number of carbonyl (C=O) groups excluding carboxylic acids is 3. The Morgan fingerprint density at radius 1 is 0.591 bits per heavy atom. The summed E-state index contributed by atoms with van der Waals surface area (Å²) in [7, 11) is 0. The minimum absolute atomic E-state index is 0. The van der Waals surface area contributed by atoms with Crippen molar-refractivity contribution >= 4 is 173 Å². The largest absolute Gasteiger partial charge is 3.00 e. The van der Waals surface area contributed by atoms with E-state index in [1.165, 1.54) is 12.2 Å². The first-order valence-electron chi connectivity index (χ1n) is 4.06. The molecule has 6 nitrogen and oxygen atoms in total. The molecule has 0 aromatic carbocycles. The van der Waals surface area contributed by atoms with E-state index in [0.29, 0.717) is 0 Å². The molecular weight excluding hydrogens is 1040 g/mol. The summed E-state index contributed by atoms with van der Waals surface area (Å²) in [5, 5.41) is 29.2. The Morgan fingerprint density at radius 2 is 0.727 bits per heavy atom. The van der Waals surface area contributed by atoms with Crippen LogP contribution in [-0.4, -0.2) is 37.7 Å². The molecule has 0 unspecified atom stereocenters. The van der Waals surface area contributed by atoms with Crippen LogP contribution in [0.15, 0.2) is 23.0 Å². The predicted molar refractivity (Wildman–Crippen MR) is 129 cm³/mol. The molecule has 0 aliphatic rings. The maximum Gasteiger partial charge on any atom is 3.00 e. The number of rotatable bonds is 3. The van der Waals surface area contributed by atoms with Gasteiger partial charge in [0.05, 0.1) is 17.9 Å². The molecule has 22 heavy (non-hydrogen) atoms. The van der Waals surface area contributed by atoms with Crippen molar-refractivity contribution in [2.75, 3.05) is 0 Å². The van der Waals surface area contributed by atoms with E-state index in [1.54, 1.807) is 67.8 Å². The molecule has 0 bridgehead atoms. The van der Waals surface area contributed by atoms with Crippen molar-refractivity contribution in [3.63, 3.8) is 0 Å². The van der Waals surface area contributed by atoms with Crippen molar-refractivity contribution < 1.29 is 29.7 Å². The number of carboxylic acids is 3. The average Bonchev–Trinajstić information content (AvgIpc) is 2.45. The molecule has 0 radical (unpaired) electrons. The quantitative estimate of drug-likeness (QED) is 0.237. The molecule has 13 heteroatoms. The van der Waals surface area contributed by atoms with Crippen LogP contribution in [0.25, 0.3) is 0 Å². The van der Waals surface area contributed by atoms with Crippen LogP contribution in [0.2, 0.25) is 0 Å². The molecule has 120 valence electrons. The number of halogens is 6. The molecule has 0 amide bonds. The van der Waals surface area contributed by atoms with Gasteiger partial charge in [-0.2, -0.15) is 0 Å². The smallest absolute Gasteiger partial charge is 0.544 e. The number of aliphatic carboxylic acids is 3. The normalized spacial score (nSPS) is 10.9. The van der Waals surface area contributed by atoms with Gasteiger partial charge in [-0.15, -0.1) is 0 Å². The molecule has 0 heterocycles. The van der Waals surface area contributed by atoms with E-state index < -0.39 is 17.9 Å². The molecule has 0 aromatic heterocycles. The summed E-state index contributed by atoms with van der Waals surface area (Å²) in [5.74, 6) is -3.35. The summed E-state index contributed by atoms with van der Waals surface area (Å²) < 4.78 is 5.06. The topological polar surface area (TPSA) is 120 Å². The van der Waals surface area contributed by atoms with Crippen LogP contribution in [0.3, 0.4) is 0 Å². The van der Waals surface area contributed by atoms with Crippen molar-refractivity contribution in [2.45, 2.75) is 0 Å². The second-order valence-corrected chi connectivity index (χ2v) is 7.59. The van der Waals surface area contributed by atoms with E-state index in [4.69, 9.17) is 0 Å². The van der Waals surface area contributed by atoms with Gasteiger partial charge in [-0.3, -0.25) is 0 Å². The predicted octanol–water partition coefficient (Wildman–Crippen LogP) is 0.962. The van der Waals surface area contributed by atoms with Crippen LogP contribution in [0.5, 0.6) is 0 Å². The summed E-state index contributed by atoms with van der Waals surface area (Å²) in [4.78, 5) is 29.2. The van der Waals surface area contributed by atoms with Crippen molar-refractivity contribution in [1.29, 1.82) is 0 Å². The van der Waals surface area contributed by atoms with Crippen LogP contribution < -0.4 is 15.3 Å². The summed E-state index contributed by atoms with van der Waals surface area (Å²) in [6, 6.07) is 0. The summed E-state index contributed by atoms with van der Waals surface area (Å²) in [6.45, 7) is 0. The van der Waals surface area contributed by atoms with Crippen molar-refractivity contribution in [3.05, 3.63) is 23.0 Å². The number of hydrogen-bond acceptors (Lipinski definition) is 6. The standard InChI is InChI=1S/3C3H2I2O2.Ga/c3*4-1-2(5)3(6)7;/h3*1H,(H,6,7);/q;;;+3/p-3. The minimum atomic E-state index is -1.12. The van der Waals surface area contributed by atoms with Crippen LogP contribution in [0.4, 0.5) is 0 Å². The minimum Gasteiger partial charge on any atom is -0.544 e. The van der Waals surface area contributed by atoms with Gasteiger partial charge in [0.1, 0.15) is 0 Å². The van der Waals surface area contributed by atoms with Crippen molar-refractivity contribution in [3.8, 4) is 0 Å². The fraction of sp³-hybridized carbons (Fsp3) is 0. The van der Waals surface area contributed by atoms with Gasteiger partial charge in [-0.25, -0.2) is 0 Å². The van der Waals surface area contributed by atoms with E-state index in [-0.39, 0.29) is 30.5 Å². The zero-order valence-corrected chi connectivity index (χ0v) is 25.4. The molecule has 0 aromatic rings. The first-order chi connectivity index (χ1) is 9.54. The third kappa shape index (κ3) is 24.9. The van der Waals surface area contributed by atoms with Gasteiger partial charge in [0.25, 0.3) is 0 Å². The molecule has 0 aliphatic carbocycles. The van der Waals surface area contributed by atoms with Crippen LogP contribution in [-0.2, 0) is 14.4 Å². The molecule has 0 saturated heterocycles. The average molecular weight is 1040 g/mol. The van der Waals surface area contributed by atoms with E-state index >= 15 is 0 Å².